The zero-order chi connectivity index (χ0) is 45.3. The summed E-state index contributed by atoms with van der Waals surface area (Å²) in [6.07, 6.45) is 3.47. The van der Waals surface area contributed by atoms with E-state index in [1.807, 2.05) is 103 Å². The first-order valence-corrected chi connectivity index (χ1v) is 24.6. The van der Waals surface area contributed by atoms with Crippen LogP contribution in [0.2, 0.25) is 0 Å². The smallest absolute Gasteiger partial charge is 0.494 e. The van der Waals surface area contributed by atoms with Gasteiger partial charge in [0.05, 0.1) is 26.1 Å². The minimum atomic E-state index is -3.40. The number of ether oxygens (including phenoxy) is 3. The van der Waals surface area contributed by atoms with Crippen LogP contribution in [0.1, 0.15) is 70.7 Å². The molecule has 4 aromatic rings. The molecule has 2 amide bonds. The monoisotopic (exact) mass is 921 g/mol. The average Bonchev–Trinajstić information content (AvgIpc) is 3.20. The van der Waals surface area contributed by atoms with Gasteiger partial charge in [0.15, 0.2) is 11.5 Å². The van der Waals surface area contributed by atoms with Gasteiger partial charge in [-0.25, -0.2) is 14.4 Å². The standard InChI is InChI=1S/C44H54N6O8P2S2/c1-10-53-37-19-15-35(16-20-37)31-47-49(8)59(61)56-38-21-17-36(18-22-38)32-48-50(9)60(62,57-39-23-11-33(12-24-39)27-29-45-41(51)54-43(2,3)4)58-40-25-13-34(14-26-40)28-30-46-42(52)55-44(5,6)7/h11-13,15-25,31-32H,10,27-30H2,1-9H3,(H-,45,46,51,52)/p+1/b47-31+,48-32+. The third-order valence-corrected chi connectivity index (χ3v) is 12.6. The van der Waals surface area contributed by atoms with Gasteiger partial charge in [0.1, 0.15) is 22.7 Å². The SMILES string of the molecule is CCOc1ccc(/C=N/N(C)[P+](=S)Oc2ccc(/C=N/N(C)P(=S)(Oc3c#cc(CCNC(=O)OC(C)(C)C)cc3)Oc3ccc(CCNC(=O)OC(C)(C)C)cc3)cc2)cc1. The van der Waals surface area contributed by atoms with Gasteiger partial charge < -0.3 is 33.9 Å². The Hall–Kier alpha value is -5.45. The van der Waals surface area contributed by atoms with E-state index in [0.717, 1.165) is 28.0 Å². The highest BCUT2D eigenvalue weighted by molar-refractivity contribution is 8.09. The number of benzene rings is 3. The molecule has 14 nitrogen and oxygen atoms in total. The number of rotatable bonds is 20. The van der Waals surface area contributed by atoms with E-state index in [1.165, 1.54) is 4.78 Å². The van der Waals surface area contributed by atoms with E-state index in [4.69, 9.17) is 51.4 Å². The van der Waals surface area contributed by atoms with Crippen LogP contribution in [0.3, 0.4) is 0 Å². The lowest BCUT2D eigenvalue weighted by molar-refractivity contribution is 0.0517. The fourth-order valence-corrected chi connectivity index (χ4v) is 7.70. The number of carbonyl (C=O) groups is 2. The first-order chi connectivity index (χ1) is 29.3. The van der Waals surface area contributed by atoms with Gasteiger partial charge in [-0.15, -0.1) is 5.10 Å². The summed E-state index contributed by atoms with van der Waals surface area (Å²) in [7, 11) is 1.97. The van der Waals surface area contributed by atoms with Crippen LogP contribution in [0.15, 0.2) is 95.1 Å². The summed E-state index contributed by atoms with van der Waals surface area (Å²) < 4.78 is 38.0. The molecular formula is C44H55N6O8P2S2+. The Balaban J connectivity index is 1.42. The first-order valence-electron chi connectivity index (χ1n) is 19.8. The summed E-state index contributed by atoms with van der Waals surface area (Å²) in [6.45, 7) is 10.8. The van der Waals surface area contributed by atoms with Gasteiger partial charge in [0.2, 0.25) is 11.8 Å². The Bertz CT molecular complexity index is 2100. The number of hydrogen-bond donors (Lipinski definition) is 2. The van der Waals surface area contributed by atoms with Crippen molar-refractivity contribution in [1.29, 1.82) is 0 Å². The van der Waals surface area contributed by atoms with Crippen molar-refractivity contribution in [3.63, 3.8) is 0 Å². The molecule has 0 spiro atoms. The number of alkyl carbamates (subject to hydrolysis) is 2. The van der Waals surface area contributed by atoms with Crippen molar-refractivity contribution in [3.8, 4) is 23.0 Å². The molecule has 18 heteroatoms. The van der Waals surface area contributed by atoms with E-state index in [0.29, 0.717) is 49.8 Å². The maximum absolute atomic E-state index is 12.1. The molecule has 62 heavy (non-hydrogen) atoms. The van der Waals surface area contributed by atoms with E-state index in [1.54, 1.807) is 61.6 Å². The number of amides is 2. The lowest BCUT2D eigenvalue weighted by atomic mass is 10.1. The second kappa shape index (κ2) is 23.1. The summed E-state index contributed by atoms with van der Waals surface area (Å²) in [6, 6.07) is 31.9. The number of hydrogen-bond acceptors (Lipinski definition) is 12. The molecule has 2 atom stereocenters. The van der Waals surface area contributed by atoms with Gasteiger partial charge in [-0.05, 0) is 157 Å². The van der Waals surface area contributed by atoms with Crippen LogP contribution in [-0.2, 0) is 45.9 Å². The van der Waals surface area contributed by atoms with Crippen LogP contribution >= 0.6 is 13.7 Å². The first kappa shape index (κ1) is 49.2. The fraction of sp³-hybridized carbons (Fsp3) is 0.364. The molecule has 4 rings (SSSR count). The quantitative estimate of drug-likeness (QED) is 0.0495. The predicted molar refractivity (Wildman–Crippen MR) is 252 cm³/mol. The lowest BCUT2D eigenvalue weighted by Crippen LogP contribution is -2.33. The predicted octanol–water partition coefficient (Wildman–Crippen LogP) is 9.59. The number of carbonyl (C=O) groups excluding carboxylic acids is 2. The van der Waals surface area contributed by atoms with E-state index in [-0.39, 0.29) is 0 Å². The Morgan fingerprint density at radius 1 is 0.726 bits per heavy atom. The molecule has 0 heterocycles. The molecule has 0 aliphatic rings. The second-order valence-corrected chi connectivity index (χ2v) is 20.9. The normalized spacial score (nSPS) is 11.9. The summed E-state index contributed by atoms with van der Waals surface area (Å²) in [5.74, 6) is 2.15. The zero-order valence-electron chi connectivity index (χ0n) is 36.5. The number of hydrazone groups is 2. The van der Waals surface area contributed by atoms with Crippen LogP contribution < -0.4 is 28.9 Å². The fourth-order valence-electron chi connectivity index (χ4n) is 4.93. The molecule has 0 radical (unpaired) electrons. The van der Waals surface area contributed by atoms with Gasteiger partial charge in [-0.1, -0.05) is 23.0 Å². The molecule has 0 saturated carbocycles. The highest BCUT2D eigenvalue weighted by Crippen LogP contribution is 2.51. The van der Waals surface area contributed by atoms with Crippen molar-refractivity contribution < 1.29 is 37.4 Å². The number of nitrogens with zero attached hydrogens (tertiary/aromatic N) is 4. The molecule has 0 aromatic heterocycles. The maximum atomic E-state index is 12.1. The van der Waals surface area contributed by atoms with Crippen LogP contribution in [-0.4, -0.2) is 79.2 Å². The summed E-state index contributed by atoms with van der Waals surface area (Å²) in [5.41, 5.74) is 2.26. The molecular weight excluding hydrogens is 867 g/mol. The molecule has 0 aliphatic carbocycles. The lowest BCUT2D eigenvalue weighted by Gasteiger charge is -2.28. The van der Waals surface area contributed by atoms with E-state index in [2.05, 4.69) is 33.0 Å². The van der Waals surface area contributed by atoms with Crippen molar-refractivity contribution in [3.05, 3.63) is 119 Å². The van der Waals surface area contributed by atoms with E-state index in [9.17, 15) is 9.59 Å². The van der Waals surface area contributed by atoms with Crippen molar-refractivity contribution in [2.75, 3.05) is 33.8 Å². The Morgan fingerprint density at radius 3 is 1.79 bits per heavy atom. The highest BCUT2D eigenvalue weighted by atomic mass is 32.5. The molecule has 0 bridgehead atoms. The van der Waals surface area contributed by atoms with Gasteiger partial charge in [0.25, 0.3) is 0 Å². The molecule has 2 unspecified atom stereocenters. The van der Waals surface area contributed by atoms with Crippen molar-refractivity contribution in [2.24, 2.45) is 10.2 Å². The molecule has 0 saturated heterocycles. The molecule has 4 aromatic carbocycles. The molecule has 2 N–H and O–H groups in total. The van der Waals surface area contributed by atoms with Crippen molar-refractivity contribution >= 4 is 61.9 Å². The summed E-state index contributed by atoms with van der Waals surface area (Å²) >= 11 is 11.7. The minimum Gasteiger partial charge on any atom is -0.494 e. The summed E-state index contributed by atoms with van der Waals surface area (Å²) in [5, 5.41) is 14.6. The van der Waals surface area contributed by atoms with Crippen LogP contribution in [0, 0.1) is 12.1 Å². The van der Waals surface area contributed by atoms with Crippen molar-refractivity contribution in [2.45, 2.75) is 72.5 Å². The maximum Gasteiger partial charge on any atom is 0.540 e. The van der Waals surface area contributed by atoms with Gasteiger partial charge >= 0.3 is 25.9 Å². The van der Waals surface area contributed by atoms with Crippen LogP contribution in [0.25, 0.3) is 0 Å². The third-order valence-electron chi connectivity index (χ3n) is 7.88. The Kier molecular flexibility index (Phi) is 18.4. The molecule has 0 fully saturated rings. The molecule has 330 valence electrons. The van der Waals surface area contributed by atoms with Crippen LogP contribution in [0.5, 0.6) is 23.0 Å². The zero-order valence-corrected chi connectivity index (χ0v) is 40.0. The van der Waals surface area contributed by atoms with Gasteiger partial charge in [-0.2, -0.15) is 5.10 Å². The third kappa shape index (κ3) is 17.9. The van der Waals surface area contributed by atoms with E-state index >= 15 is 0 Å². The Morgan fingerprint density at radius 2 is 1.26 bits per heavy atom. The van der Waals surface area contributed by atoms with Crippen molar-refractivity contribution in [1.82, 2.24) is 20.2 Å². The average molecular weight is 922 g/mol. The van der Waals surface area contributed by atoms with Crippen LogP contribution in [0.4, 0.5) is 9.59 Å². The second-order valence-electron chi connectivity index (χ2n) is 15.5. The Labute approximate surface area is 376 Å². The van der Waals surface area contributed by atoms with E-state index < -0.39 is 37.1 Å². The highest BCUT2D eigenvalue weighted by Gasteiger charge is 2.29. The van der Waals surface area contributed by atoms with Gasteiger partial charge in [0, 0.05) is 37.5 Å². The largest absolute Gasteiger partial charge is 0.540 e. The number of nitrogens with one attached hydrogen (secondary N) is 2. The minimum absolute atomic E-state index is 0.305. The van der Waals surface area contributed by atoms with Gasteiger partial charge in [-0.3, -0.25) is 4.52 Å². The topological polar surface area (TPSA) is 145 Å². The summed E-state index contributed by atoms with van der Waals surface area (Å²) in [4.78, 5) is 24.1. The molecule has 0 aliphatic heterocycles.